The van der Waals surface area contributed by atoms with Gasteiger partial charge in [0.1, 0.15) is 10.6 Å². The maximum Gasteiger partial charge on any atom is 0.346 e. The first-order chi connectivity index (χ1) is 14.5. The molecule has 5 rings (SSSR count). The molecular formula is C21H10N2O6S. The second-order valence-electron chi connectivity index (χ2n) is 6.42. The van der Waals surface area contributed by atoms with E-state index in [0.29, 0.717) is 21.7 Å². The summed E-state index contributed by atoms with van der Waals surface area (Å²) < 4.78 is 10.6. The van der Waals surface area contributed by atoms with E-state index in [1.54, 1.807) is 29.6 Å². The topological polar surface area (TPSA) is 116 Å². The third kappa shape index (κ3) is 2.88. The molecule has 0 saturated carbocycles. The molecule has 5 aromatic rings. The molecule has 2 aromatic carbocycles. The number of hydrogen-bond donors (Lipinski definition) is 0. The number of benzene rings is 2. The lowest BCUT2D eigenvalue weighted by molar-refractivity contribution is -0.383. The number of hydrogen-bond acceptors (Lipinski definition) is 8. The molecule has 0 aliphatic heterocycles. The predicted molar refractivity (Wildman–Crippen MR) is 112 cm³/mol. The molecule has 8 nitrogen and oxygen atoms in total. The zero-order valence-corrected chi connectivity index (χ0v) is 15.8. The zero-order chi connectivity index (χ0) is 20.8. The van der Waals surface area contributed by atoms with Gasteiger partial charge in [-0.25, -0.2) is 14.6 Å². The van der Waals surface area contributed by atoms with Gasteiger partial charge in [-0.05, 0) is 18.2 Å². The zero-order valence-electron chi connectivity index (χ0n) is 15.0. The highest BCUT2D eigenvalue weighted by molar-refractivity contribution is 7.13. The Labute approximate surface area is 170 Å². The summed E-state index contributed by atoms with van der Waals surface area (Å²) in [5.74, 6) is 0. The summed E-state index contributed by atoms with van der Waals surface area (Å²) in [7, 11) is 0. The predicted octanol–water partition coefficient (Wildman–Crippen LogP) is 4.60. The van der Waals surface area contributed by atoms with Gasteiger partial charge in [-0.2, -0.15) is 0 Å². The number of non-ortho nitro benzene ring substituents is 1. The fourth-order valence-corrected chi connectivity index (χ4v) is 4.01. The first-order valence-electron chi connectivity index (χ1n) is 8.72. The molecule has 0 aliphatic rings. The number of para-hydroxylation sites is 2. The Bertz CT molecular complexity index is 1580. The van der Waals surface area contributed by atoms with E-state index < -0.39 is 16.2 Å². The van der Waals surface area contributed by atoms with E-state index in [0.717, 1.165) is 16.7 Å². The standard InChI is InChI=1S/C21H10N2O6S/c24-20-13(8-11-4-1-2-7-17(11)28-20)15-10-30-19(22-15)14-9-12-5-3-6-16(23(26)27)18(12)29-21(14)25/h1-10H. The van der Waals surface area contributed by atoms with Gasteiger partial charge in [-0.3, -0.25) is 10.1 Å². The van der Waals surface area contributed by atoms with Crippen molar-refractivity contribution in [1.29, 1.82) is 0 Å². The average Bonchev–Trinajstić information content (AvgIpc) is 3.22. The molecular weight excluding hydrogens is 408 g/mol. The summed E-state index contributed by atoms with van der Waals surface area (Å²) in [6.45, 7) is 0. The van der Waals surface area contributed by atoms with Crippen molar-refractivity contribution in [3.05, 3.63) is 90.9 Å². The third-order valence-corrected chi connectivity index (χ3v) is 5.46. The third-order valence-electron chi connectivity index (χ3n) is 4.59. The number of nitrogens with zero attached hydrogens (tertiary/aromatic N) is 2. The van der Waals surface area contributed by atoms with E-state index in [1.807, 2.05) is 12.1 Å². The molecule has 0 N–H and O–H groups in total. The van der Waals surface area contributed by atoms with Crippen LogP contribution in [0.2, 0.25) is 0 Å². The van der Waals surface area contributed by atoms with Gasteiger partial charge in [0.2, 0.25) is 5.58 Å². The first-order valence-corrected chi connectivity index (χ1v) is 9.59. The van der Waals surface area contributed by atoms with Gasteiger partial charge >= 0.3 is 16.9 Å². The number of aromatic nitrogens is 1. The Kier molecular flexibility index (Phi) is 4.04. The smallest absolute Gasteiger partial charge is 0.346 e. The molecule has 0 radical (unpaired) electrons. The Hall–Kier alpha value is -4.11. The summed E-state index contributed by atoms with van der Waals surface area (Å²) in [6.07, 6.45) is 0. The minimum absolute atomic E-state index is 0.0943. The van der Waals surface area contributed by atoms with Crippen LogP contribution in [-0.2, 0) is 0 Å². The highest BCUT2D eigenvalue weighted by atomic mass is 32.1. The monoisotopic (exact) mass is 418 g/mol. The van der Waals surface area contributed by atoms with E-state index in [4.69, 9.17) is 8.83 Å². The van der Waals surface area contributed by atoms with E-state index in [9.17, 15) is 19.7 Å². The first kappa shape index (κ1) is 18.0. The van der Waals surface area contributed by atoms with Gasteiger partial charge < -0.3 is 8.83 Å². The second kappa shape index (κ2) is 6.75. The van der Waals surface area contributed by atoms with Gasteiger partial charge in [0.15, 0.2) is 0 Å². The largest absolute Gasteiger partial charge is 0.422 e. The van der Waals surface area contributed by atoms with Crippen LogP contribution in [0.1, 0.15) is 0 Å². The van der Waals surface area contributed by atoms with Crippen LogP contribution < -0.4 is 11.3 Å². The summed E-state index contributed by atoms with van der Waals surface area (Å²) in [5, 5.41) is 14.3. The molecule has 0 saturated heterocycles. The van der Waals surface area contributed by atoms with Crippen molar-refractivity contribution in [2.24, 2.45) is 0 Å². The van der Waals surface area contributed by atoms with Crippen molar-refractivity contribution < 1.29 is 13.8 Å². The van der Waals surface area contributed by atoms with Crippen molar-refractivity contribution in [1.82, 2.24) is 4.98 Å². The Morgan fingerprint density at radius 1 is 0.900 bits per heavy atom. The molecule has 9 heteroatoms. The Morgan fingerprint density at radius 2 is 1.63 bits per heavy atom. The normalized spacial score (nSPS) is 11.2. The molecule has 0 atom stereocenters. The SMILES string of the molecule is O=c1oc2ccccc2cc1-c1csc(-c2cc3cccc([N+](=O)[O-])c3oc2=O)n1. The number of nitro groups is 1. The van der Waals surface area contributed by atoms with Gasteiger partial charge in [-0.1, -0.05) is 30.3 Å². The lowest BCUT2D eigenvalue weighted by Gasteiger charge is -2.01. The molecule has 3 aromatic heterocycles. The number of nitro benzene ring substituents is 1. The number of rotatable bonds is 3. The van der Waals surface area contributed by atoms with Gasteiger partial charge in [-0.15, -0.1) is 11.3 Å². The molecule has 0 aliphatic carbocycles. The highest BCUT2D eigenvalue weighted by Crippen LogP contribution is 2.31. The molecule has 146 valence electrons. The molecule has 3 heterocycles. The van der Waals surface area contributed by atoms with E-state index >= 15 is 0 Å². The quantitative estimate of drug-likeness (QED) is 0.239. The average molecular weight is 418 g/mol. The molecule has 0 unspecified atom stereocenters. The maximum absolute atomic E-state index is 12.5. The number of fused-ring (bicyclic) bond motifs is 2. The maximum atomic E-state index is 12.5. The summed E-state index contributed by atoms with van der Waals surface area (Å²) in [5.41, 5.74) is -0.393. The lowest BCUT2D eigenvalue weighted by atomic mass is 10.1. The second-order valence-corrected chi connectivity index (χ2v) is 7.28. The summed E-state index contributed by atoms with van der Waals surface area (Å²) in [4.78, 5) is 39.8. The fourth-order valence-electron chi connectivity index (χ4n) is 3.18. The van der Waals surface area contributed by atoms with Crippen LogP contribution in [0, 0.1) is 10.1 Å². The van der Waals surface area contributed by atoms with E-state index in [1.165, 1.54) is 18.2 Å². The van der Waals surface area contributed by atoms with Gasteiger partial charge in [0, 0.05) is 22.2 Å². The molecule has 0 fully saturated rings. The van der Waals surface area contributed by atoms with Gasteiger partial charge in [0.05, 0.1) is 21.7 Å². The highest BCUT2D eigenvalue weighted by Gasteiger charge is 2.19. The van der Waals surface area contributed by atoms with Crippen LogP contribution >= 0.6 is 11.3 Å². The fraction of sp³-hybridized carbons (Fsp3) is 0. The van der Waals surface area contributed by atoms with Crippen molar-refractivity contribution in [2.75, 3.05) is 0 Å². The van der Waals surface area contributed by atoms with Crippen LogP contribution in [0.5, 0.6) is 0 Å². The molecule has 0 spiro atoms. The van der Waals surface area contributed by atoms with Crippen LogP contribution in [0.3, 0.4) is 0 Å². The Morgan fingerprint density at radius 3 is 2.47 bits per heavy atom. The van der Waals surface area contributed by atoms with Crippen molar-refractivity contribution in [2.45, 2.75) is 0 Å². The summed E-state index contributed by atoms with van der Waals surface area (Å²) >= 11 is 1.16. The van der Waals surface area contributed by atoms with Crippen molar-refractivity contribution >= 4 is 39.0 Å². The Balaban J connectivity index is 1.64. The lowest BCUT2D eigenvalue weighted by Crippen LogP contribution is -2.05. The van der Waals surface area contributed by atoms with E-state index in [-0.39, 0.29) is 22.4 Å². The van der Waals surface area contributed by atoms with Crippen LogP contribution in [0.25, 0.3) is 43.8 Å². The van der Waals surface area contributed by atoms with Crippen molar-refractivity contribution in [3.8, 4) is 21.8 Å². The number of thiazole rings is 1. The molecule has 0 amide bonds. The van der Waals surface area contributed by atoms with Crippen LogP contribution in [0.4, 0.5) is 5.69 Å². The minimum atomic E-state index is -0.747. The van der Waals surface area contributed by atoms with Gasteiger partial charge in [0.25, 0.3) is 0 Å². The minimum Gasteiger partial charge on any atom is -0.422 e. The van der Waals surface area contributed by atoms with Crippen LogP contribution in [-0.4, -0.2) is 9.91 Å². The summed E-state index contributed by atoms with van der Waals surface area (Å²) in [6, 6.07) is 14.7. The van der Waals surface area contributed by atoms with Crippen LogP contribution in [0.15, 0.2) is 78.4 Å². The molecule has 0 bridgehead atoms. The van der Waals surface area contributed by atoms with Crippen molar-refractivity contribution in [3.63, 3.8) is 0 Å². The molecule has 30 heavy (non-hydrogen) atoms. The van der Waals surface area contributed by atoms with E-state index in [2.05, 4.69) is 4.98 Å².